The van der Waals surface area contributed by atoms with Crippen molar-refractivity contribution in [1.82, 2.24) is 4.90 Å². The number of rotatable bonds is 10. The number of methoxy groups -OCH3 is 2. The molecule has 0 spiro atoms. The Labute approximate surface area is 175 Å². The summed E-state index contributed by atoms with van der Waals surface area (Å²) in [6.45, 7) is 2.98. The summed E-state index contributed by atoms with van der Waals surface area (Å²) in [7, 11) is 2.97. The molecule has 1 aliphatic heterocycles. The lowest BCUT2D eigenvalue weighted by atomic mass is 10.1. The highest BCUT2D eigenvalue weighted by Crippen LogP contribution is 2.35. The topological polar surface area (TPSA) is 65.1 Å². The van der Waals surface area contributed by atoms with Crippen LogP contribution in [0.2, 0.25) is 0 Å². The fourth-order valence-corrected chi connectivity index (χ4v) is 4.02. The van der Waals surface area contributed by atoms with E-state index in [9.17, 15) is 9.59 Å². The summed E-state index contributed by atoms with van der Waals surface area (Å²) in [5.41, 5.74) is 0.850. The molecule has 1 aromatic carbocycles. The Morgan fingerprint density at radius 3 is 2.68 bits per heavy atom. The average Bonchev–Trinajstić information content (AvgIpc) is 2.95. The number of carbonyl (C=O) groups is 2. The van der Waals surface area contributed by atoms with E-state index >= 15 is 0 Å². The van der Waals surface area contributed by atoms with Gasteiger partial charge < -0.3 is 14.2 Å². The maximum atomic E-state index is 12.7. The number of esters is 1. The Kier molecular flexibility index (Phi) is 8.79. The number of thiocarbonyl (C=S) groups is 1. The Morgan fingerprint density at radius 1 is 1.21 bits per heavy atom. The number of carbonyl (C=O) groups excluding carboxylic acids is 2. The minimum atomic E-state index is -0.209. The molecule has 6 nitrogen and oxygen atoms in total. The Morgan fingerprint density at radius 2 is 2.00 bits per heavy atom. The second-order valence-corrected chi connectivity index (χ2v) is 7.74. The monoisotopic (exact) mass is 423 g/mol. The minimum Gasteiger partial charge on any atom is -0.493 e. The molecule has 0 radical (unpaired) electrons. The van der Waals surface area contributed by atoms with Crippen molar-refractivity contribution in [3.8, 4) is 11.5 Å². The van der Waals surface area contributed by atoms with Crippen LogP contribution in [0.5, 0.6) is 11.5 Å². The summed E-state index contributed by atoms with van der Waals surface area (Å²) >= 11 is 6.67. The van der Waals surface area contributed by atoms with E-state index in [1.54, 1.807) is 12.0 Å². The van der Waals surface area contributed by atoms with Gasteiger partial charge >= 0.3 is 5.97 Å². The second-order valence-electron chi connectivity index (χ2n) is 6.06. The second kappa shape index (κ2) is 11.1. The number of benzene rings is 1. The van der Waals surface area contributed by atoms with Crippen molar-refractivity contribution in [3.63, 3.8) is 0 Å². The molecule has 0 N–H and O–H groups in total. The largest absolute Gasteiger partial charge is 0.493 e. The summed E-state index contributed by atoms with van der Waals surface area (Å²) < 4.78 is 16.1. The highest BCUT2D eigenvalue weighted by Gasteiger charge is 2.31. The van der Waals surface area contributed by atoms with Gasteiger partial charge in [0.15, 0.2) is 11.5 Å². The number of nitrogens with zero attached hydrogens (tertiary/aromatic N) is 1. The normalized spacial score (nSPS) is 15.2. The van der Waals surface area contributed by atoms with Crippen molar-refractivity contribution >= 4 is 46.3 Å². The molecule has 1 aromatic rings. The van der Waals surface area contributed by atoms with Gasteiger partial charge in [-0.05, 0) is 43.5 Å². The lowest BCUT2D eigenvalue weighted by molar-refractivity contribution is -0.140. The summed E-state index contributed by atoms with van der Waals surface area (Å²) in [6, 6.07) is 5.54. The van der Waals surface area contributed by atoms with Crippen molar-refractivity contribution in [3.05, 3.63) is 28.7 Å². The van der Waals surface area contributed by atoms with Crippen LogP contribution in [-0.4, -0.2) is 48.5 Å². The van der Waals surface area contributed by atoms with Crippen LogP contribution in [0, 0.1) is 0 Å². The molecule has 0 saturated carbocycles. The highest BCUT2D eigenvalue weighted by molar-refractivity contribution is 8.26. The number of hydrogen-bond acceptors (Lipinski definition) is 7. The first kappa shape index (κ1) is 22.2. The number of amides is 1. The third-order valence-corrected chi connectivity index (χ3v) is 5.53. The number of thioether (sulfide) groups is 1. The molecule has 1 aliphatic rings. The predicted molar refractivity (Wildman–Crippen MR) is 115 cm³/mol. The van der Waals surface area contributed by atoms with Crippen molar-refractivity contribution in [2.24, 2.45) is 0 Å². The first-order valence-electron chi connectivity index (χ1n) is 9.13. The van der Waals surface area contributed by atoms with Gasteiger partial charge in [-0.2, -0.15) is 0 Å². The van der Waals surface area contributed by atoms with E-state index in [-0.39, 0.29) is 11.9 Å². The van der Waals surface area contributed by atoms with Crippen LogP contribution in [0.1, 0.15) is 38.2 Å². The summed E-state index contributed by atoms with van der Waals surface area (Å²) in [6.07, 6.45) is 4.57. The van der Waals surface area contributed by atoms with Crippen molar-refractivity contribution in [2.75, 3.05) is 27.4 Å². The third-order valence-electron chi connectivity index (χ3n) is 4.15. The molecule has 1 saturated heterocycles. The van der Waals surface area contributed by atoms with Crippen LogP contribution in [-0.2, 0) is 14.3 Å². The van der Waals surface area contributed by atoms with E-state index in [1.807, 2.05) is 31.2 Å². The van der Waals surface area contributed by atoms with Gasteiger partial charge in [-0.1, -0.05) is 36.5 Å². The standard InChI is InChI=1S/C20H25NO5S2/c1-4-26-16-12-14(9-10-15(16)24-2)13-17-19(23)21(20(27)28-17)11-7-5-6-8-18(22)25-3/h9-10,12-13H,4-8,11H2,1-3H3/b17-13-. The van der Waals surface area contributed by atoms with Crippen LogP contribution < -0.4 is 9.47 Å². The van der Waals surface area contributed by atoms with E-state index in [0.717, 1.165) is 24.8 Å². The minimum absolute atomic E-state index is 0.0863. The van der Waals surface area contributed by atoms with Crippen LogP contribution in [0.3, 0.4) is 0 Å². The van der Waals surface area contributed by atoms with Crippen molar-refractivity contribution in [2.45, 2.75) is 32.6 Å². The van der Waals surface area contributed by atoms with Gasteiger partial charge in [-0.15, -0.1) is 0 Å². The maximum Gasteiger partial charge on any atom is 0.305 e. The molecule has 0 atom stereocenters. The predicted octanol–water partition coefficient (Wildman–Crippen LogP) is 4.03. The third kappa shape index (κ3) is 5.97. The zero-order valence-corrected chi connectivity index (χ0v) is 18.0. The molecule has 28 heavy (non-hydrogen) atoms. The van der Waals surface area contributed by atoms with E-state index in [1.165, 1.54) is 18.9 Å². The zero-order valence-electron chi connectivity index (χ0n) is 16.4. The van der Waals surface area contributed by atoms with Crippen LogP contribution in [0.4, 0.5) is 0 Å². The molecule has 0 aliphatic carbocycles. The van der Waals surface area contributed by atoms with Gasteiger partial charge in [0.2, 0.25) is 0 Å². The van der Waals surface area contributed by atoms with Crippen LogP contribution in [0.15, 0.2) is 23.1 Å². The summed E-state index contributed by atoms with van der Waals surface area (Å²) in [5, 5.41) is 0. The highest BCUT2D eigenvalue weighted by atomic mass is 32.2. The fraction of sp³-hybridized carbons (Fsp3) is 0.450. The molecule has 1 fully saturated rings. The van der Waals surface area contributed by atoms with Crippen LogP contribution in [0.25, 0.3) is 6.08 Å². The first-order chi connectivity index (χ1) is 13.5. The smallest absolute Gasteiger partial charge is 0.305 e. The molecule has 152 valence electrons. The molecule has 1 heterocycles. The SMILES string of the molecule is CCOc1cc(/C=C2\SC(=S)N(CCCCCC(=O)OC)C2=O)ccc1OC. The molecule has 8 heteroatoms. The molecular formula is C20H25NO5S2. The first-order valence-corrected chi connectivity index (χ1v) is 10.4. The summed E-state index contributed by atoms with van der Waals surface area (Å²) in [5.74, 6) is 0.995. The Balaban J connectivity index is 1.98. The number of ether oxygens (including phenoxy) is 3. The van der Waals surface area contributed by atoms with E-state index in [0.29, 0.717) is 40.3 Å². The Hall–Kier alpha value is -2.06. The summed E-state index contributed by atoms with van der Waals surface area (Å²) in [4.78, 5) is 26.0. The van der Waals surface area contributed by atoms with Crippen LogP contribution >= 0.6 is 24.0 Å². The van der Waals surface area contributed by atoms with Gasteiger partial charge in [0.05, 0.1) is 25.7 Å². The molecular weight excluding hydrogens is 398 g/mol. The van der Waals surface area contributed by atoms with Crippen molar-refractivity contribution in [1.29, 1.82) is 0 Å². The number of hydrogen-bond donors (Lipinski definition) is 0. The molecule has 0 aromatic heterocycles. The average molecular weight is 424 g/mol. The molecule has 1 amide bonds. The van der Waals surface area contributed by atoms with Gasteiger partial charge in [0.25, 0.3) is 5.91 Å². The molecule has 2 rings (SSSR count). The van der Waals surface area contributed by atoms with E-state index < -0.39 is 0 Å². The molecule has 0 unspecified atom stereocenters. The van der Waals surface area contributed by atoms with Gasteiger partial charge in [0.1, 0.15) is 4.32 Å². The fourth-order valence-electron chi connectivity index (χ4n) is 2.71. The Bertz CT molecular complexity index is 763. The van der Waals surface area contributed by atoms with Gasteiger partial charge in [-0.3, -0.25) is 14.5 Å². The molecule has 0 bridgehead atoms. The zero-order chi connectivity index (χ0) is 20.5. The maximum absolute atomic E-state index is 12.7. The van der Waals surface area contributed by atoms with Crippen molar-refractivity contribution < 1.29 is 23.8 Å². The van der Waals surface area contributed by atoms with E-state index in [2.05, 4.69) is 4.74 Å². The van der Waals surface area contributed by atoms with E-state index in [4.69, 9.17) is 21.7 Å². The number of unbranched alkanes of at least 4 members (excludes halogenated alkanes) is 2. The van der Waals surface area contributed by atoms with Gasteiger partial charge in [0, 0.05) is 13.0 Å². The van der Waals surface area contributed by atoms with Gasteiger partial charge in [-0.25, -0.2) is 0 Å². The quantitative estimate of drug-likeness (QED) is 0.244. The lowest BCUT2D eigenvalue weighted by Crippen LogP contribution is -2.29. The lowest BCUT2D eigenvalue weighted by Gasteiger charge is -2.14.